The summed E-state index contributed by atoms with van der Waals surface area (Å²) in [5.74, 6) is 0.301. The summed E-state index contributed by atoms with van der Waals surface area (Å²) >= 11 is 0. The third-order valence-electron chi connectivity index (χ3n) is 3.74. The van der Waals surface area contributed by atoms with Gasteiger partial charge < -0.3 is 15.5 Å². The largest absolute Gasteiger partial charge is 0.355 e. The lowest BCUT2D eigenvalue weighted by Gasteiger charge is -2.21. The molecular formula is C13H23N3O2. The summed E-state index contributed by atoms with van der Waals surface area (Å²) in [5, 5.41) is 5.65. The van der Waals surface area contributed by atoms with Gasteiger partial charge in [0.1, 0.15) is 0 Å². The van der Waals surface area contributed by atoms with Gasteiger partial charge >= 0.3 is 0 Å². The van der Waals surface area contributed by atoms with Gasteiger partial charge in [-0.25, -0.2) is 0 Å². The second kappa shape index (κ2) is 6.18. The number of likely N-dealkylation sites (tertiary alicyclic amines) is 1. The van der Waals surface area contributed by atoms with Crippen molar-refractivity contribution < 1.29 is 9.59 Å². The number of hydrogen-bond donors (Lipinski definition) is 2. The Balaban J connectivity index is 1.64. The van der Waals surface area contributed by atoms with E-state index in [-0.39, 0.29) is 17.7 Å². The Labute approximate surface area is 108 Å². The van der Waals surface area contributed by atoms with Crippen molar-refractivity contribution >= 4 is 11.8 Å². The van der Waals surface area contributed by atoms with Gasteiger partial charge in [-0.3, -0.25) is 9.59 Å². The molecule has 2 saturated heterocycles. The third-order valence-corrected chi connectivity index (χ3v) is 3.74. The van der Waals surface area contributed by atoms with Crippen LogP contribution in [0.1, 0.15) is 26.2 Å². The Kier molecular flexibility index (Phi) is 4.58. The molecule has 2 fully saturated rings. The highest BCUT2D eigenvalue weighted by atomic mass is 16.2. The van der Waals surface area contributed by atoms with Gasteiger partial charge in [-0.2, -0.15) is 0 Å². The van der Waals surface area contributed by atoms with Crippen molar-refractivity contribution in [2.24, 2.45) is 11.8 Å². The zero-order valence-electron chi connectivity index (χ0n) is 11.1. The van der Waals surface area contributed by atoms with Crippen LogP contribution in [0.15, 0.2) is 0 Å². The predicted molar refractivity (Wildman–Crippen MR) is 69.0 cm³/mol. The summed E-state index contributed by atoms with van der Waals surface area (Å²) in [7, 11) is 0. The van der Waals surface area contributed by atoms with Gasteiger partial charge in [-0.1, -0.05) is 6.92 Å². The van der Waals surface area contributed by atoms with Crippen molar-refractivity contribution in [3.8, 4) is 0 Å². The van der Waals surface area contributed by atoms with Crippen LogP contribution in [0, 0.1) is 11.8 Å². The van der Waals surface area contributed by atoms with Crippen molar-refractivity contribution in [2.45, 2.75) is 26.2 Å². The first kappa shape index (κ1) is 13.3. The number of nitrogens with zero attached hydrogens (tertiary/aromatic N) is 1. The lowest BCUT2D eigenvalue weighted by Crippen LogP contribution is -2.37. The number of nitrogens with one attached hydrogen (secondary N) is 2. The first-order valence-corrected chi connectivity index (χ1v) is 6.92. The summed E-state index contributed by atoms with van der Waals surface area (Å²) in [4.78, 5) is 25.3. The van der Waals surface area contributed by atoms with Crippen LogP contribution in [0.25, 0.3) is 0 Å². The molecule has 18 heavy (non-hydrogen) atoms. The molecule has 0 aromatic rings. The van der Waals surface area contributed by atoms with E-state index < -0.39 is 0 Å². The monoisotopic (exact) mass is 253 g/mol. The molecular weight excluding hydrogens is 230 g/mol. The zero-order chi connectivity index (χ0) is 13.0. The Morgan fingerprint density at radius 1 is 1.50 bits per heavy atom. The van der Waals surface area contributed by atoms with Gasteiger partial charge in [-0.05, 0) is 31.8 Å². The van der Waals surface area contributed by atoms with Crippen molar-refractivity contribution in [3.05, 3.63) is 0 Å². The molecule has 5 nitrogen and oxygen atoms in total. The predicted octanol–water partition coefficient (Wildman–Crippen LogP) is -0.0294. The minimum absolute atomic E-state index is 0.0136. The van der Waals surface area contributed by atoms with Gasteiger partial charge in [0.25, 0.3) is 0 Å². The quantitative estimate of drug-likeness (QED) is 0.723. The molecule has 2 amide bonds. The molecule has 2 heterocycles. The van der Waals surface area contributed by atoms with Gasteiger partial charge in [0.2, 0.25) is 11.8 Å². The average Bonchev–Trinajstić information content (AvgIpc) is 2.97. The van der Waals surface area contributed by atoms with E-state index >= 15 is 0 Å². The molecule has 2 unspecified atom stereocenters. The van der Waals surface area contributed by atoms with E-state index in [1.54, 1.807) is 0 Å². The van der Waals surface area contributed by atoms with Crippen LogP contribution in [0.5, 0.6) is 0 Å². The van der Waals surface area contributed by atoms with Crippen molar-refractivity contribution in [2.75, 3.05) is 32.7 Å². The molecule has 2 atom stereocenters. The van der Waals surface area contributed by atoms with Crippen LogP contribution in [-0.4, -0.2) is 49.4 Å². The Bertz CT molecular complexity index is 313. The Morgan fingerprint density at radius 2 is 2.22 bits per heavy atom. The Morgan fingerprint density at radius 3 is 2.83 bits per heavy atom. The number of carbonyl (C=O) groups is 2. The van der Waals surface area contributed by atoms with Crippen LogP contribution in [0.3, 0.4) is 0 Å². The molecule has 0 saturated carbocycles. The number of hydrogen-bond acceptors (Lipinski definition) is 3. The fraction of sp³-hybridized carbons (Fsp3) is 0.846. The van der Waals surface area contributed by atoms with E-state index in [2.05, 4.69) is 22.5 Å². The molecule has 0 radical (unpaired) electrons. The van der Waals surface area contributed by atoms with Crippen molar-refractivity contribution in [3.63, 3.8) is 0 Å². The van der Waals surface area contributed by atoms with Gasteiger partial charge in [-0.15, -0.1) is 0 Å². The highest BCUT2D eigenvalue weighted by Crippen LogP contribution is 2.11. The molecule has 0 aliphatic carbocycles. The van der Waals surface area contributed by atoms with Crippen molar-refractivity contribution in [1.29, 1.82) is 0 Å². The summed E-state index contributed by atoms with van der Waals surface area (Å²) < 4.78 is 0. The average molecular weight is 253 g/mol. The maximum atomic E-state index is 11.8. The molecule has 2 aliphatic heterocycles. The fourth-order valence-corrected chi connectivity index (χ4v) is 2.68. The van der Waals surface area contributed by atoms with E-state index in [1.807, 2.05) is 0 Å². The van der Waals surface area contributed by atoms with E-state index in [1.165, 1.54) is 25.9 Å². The maximum absolute atomic E-state index is 11.8. The number of rotatable bonds is 5. The van der Waals surface area contributed by atoms with Gasteiger partial charge in [0, 0.05) is 26.1 Å². The lowest BCUT2D eigenvalue weighted by molar-refractivity contribution is -0.126. The van der Waals surface area contributed by atoms with E-state index in [4.69, 9.17) is 0 Å². The fourth-order valence-electron chi connectivity index (χ4n) is 2.68. The smallest absolute Gasteiger partial charge is 0.225 e. The van der Waals surface area contributed by atoms with E-state index in [9.17, 15) is 9.59 Å². The number of amides is 2. The van der Waals surface area contributed by atoms with Crippen LogP contribution in [0.2, 0.25) is 0 Å². The van der Waals surface area contributed by atoms with Crippen molar-refractivity contribution in [1.82, 2.24) is 15.5 Å². The molecule has 2 aliphatic rings. The first-order valence-electron chi connectivity index (χ1n) is 6.92. The standard InChI is InChI=1S/C13H23N3O2/c1-10(9-16-4-2-3-5-16)7-15-13(18)11-6-12(17)14-8-11/h10-11H,2-9H2,1H3,(H,14,17)(H,15,18). The molecule has 2 N–H and O–H groups in total. The maximum Gasteiger partial charge on any atom is 0.225 e. The zero-order valence-corrected chi connectivity index (χ0v) is 11.1. The number of carbonyl (C=O) groups excluding carboxylic acids is 2. The summed E-state index contributed by atoms with van der Waals surface area (Å²) in [6.45, 7) is 6.81. The molecule has 0 aromatic carbocycles. The Hall–Kier alpha value is -1.10. The van der Waals surface area contributed by atoms with E-state index in [0.717, 1.165) is 6.54 Å². The van der Waals surface area contributed by atoms with Crippen LogP contribution in [0.4, 0.5) is 0 Å². The SMILES string of the molecule is CC(CNC(=O)C1CNC(=O)C1)CN1CCCC1. The second-order valence-electron chi connectivity index (χ2n) is 5.56. The minimum Gasteiger partial charge on any atom is -0.355 e. The molecule has 0 spiro atoms. The summed E-state index contributed by atoms with van der Waals surface area (Å²) in [6.07, 6.45) is 2.94. The second-order valence-corrected chi connectivity index (χ2v) is 5.56. The summed E-state index contributed by atoms with van der Waals surface area (Å²) in [6, 6.07) is 0. The molecule has 0 aromatic heterocycles. The van der Waals surface area contributed by atoms with E-state index in [0.29, 0.717) is 25.4 Å². The molecule has 5 heteroatoms. The topological polar surface area (TPSA) is 61.4 Å². The highest BCUT2D eigenvalue weighted by Gasteiger charge is 2.27. The normalized spacial score (nSPS) is 26.1. The minimum atomic E-state index is -0.170. The highest BCUT2D eigenvalue weighted by molar-refractivity contribution is 5.89. The van der Waals surface area contributed by atoms with Gasteiger partial charge in [0.15, 0.2) is 0 Å². The molecule has 102 valence electrons. The lowest BCUT2D eigenvalue weighted by atomic mass is 10.1. The molecule has 0 bridgehead atoms. The summed E-state index contributed by atoms with van der Waals surface area (Å²) in [5.41, 5.74) is 0. The molecule has 2 rings (SSSR count). The van der Waals surface area contributed by atoms with Crippen LogP contribution >= 0.6 is 0 Å². The third kappa shape index (κ3) is 3.70. The van der Waals surface area contributed by atoms with Crippen LogP contribution < -0.4 is 10.6 Å². The first-order chi connectivity index (χ1) is 8.65. The van der Waals surface area contributed by atoms with Crippen LogP contribution in [-0.2, 0) is 9.59 Å². The van der Waals surface area contributed by atoms with Gasteiger partial charge in [0.05, 0.1) is 5.92 Å².